The normalized spacial score (nSPS) is 14.1. The molecule has 33 heavy (non-hydrogen) atoms. The molecular formula is C25H26FN3O4. The van der Waals surface area contributed by atoms with Gasteiger partial charge in [-0.15, -0.1) is 0 Å². The van der Waals surface area contributed by atoms with Crippen molar-refractivity contribution in [3.8, 4) is 23.0 Å². The Labute approximate surface area is 192 Å². The fourth-order valence-electron chi connectivity index (χ4n) is 3.99. The molecule has 1 aliphatic heterocycles. The van der Waals surface area contributed by atoms with Gasteiger partial charge in [0.1, 0.15) is 23.0 Å². The van der Waals surface area contributed by atoms with Crippen LogP contribution in [0.4, 0.5) is 4.39 Å². The van der Waals surface area contributed by atoms with Crippen molar-refractivity contribution in [1.82, 2.24) is 14.9 Å². The Kier molecular flexibility index (Phi) is 6.72. The first-order valence-corrected chi connectivity index (χ1v) is 10.8. The maximum Gasteiger partial charge on any atom is 0.272 e. The van der Waals surface area contributed by atoms with Crippen LogP contribution in [0.15, 0.2) is 48.8 Å². The van der Waals surface area contributed by atoms with Crippen molar-refractivity contribution in [2.45, 2.75) is 25.7 Å². The molecule has 0 unspecified atom stereocenters. The highest BCUT2D eigenvalue weighted by Crippen LogP contribution is 2.35. The van der Waals surface area contributed by atoms with E-state index in [0.29, 0.717) is 30.3 Å². The molecule has 172 valence electrons. The first-order chi connectivity index (χ1) is 16.0. The molecule has 1 aliphatic rings. The van der Waals surface area contributed by atoms with Gasteiger partial charge in [-0.1, -0.05) is 0 Å². The molecule has 8 heteroatoms. The minimum atomic E-state index is -0.353. The van der Waals surface area contributed by atoms with Crippen molar-refractivity contribution in [2.75, 3.05) is 27.3 Å². The number of amides is 1. The molecule has 0 atom stereocenters. The average molecular weight is 451 g/mol. The first-order valence-electron chi connectivity index (χ1n) is 10.8. The van der Waals surface area contributed by atoms with Crippen LogP contribution < -0.4 is 14.2 Å². The number of rotatable bonds is 6. The summed E-state index contributed by atoms with van der Waals surface area (Å²) in [5, 5.41) is 0. The second kappa shape index (κ2) is 9.85. The Morgan fingerprint density at radius 3 is 2.33 bits per heavy atom. The number of carbonyl (C=O) groups is 1. The lowest BCUT2D eigenvalue weighted by Gasteiger charge is -2.32. The van der Waals surface area contributed by atoms with E-state index in [1.54, 1.807) is 18.1 Å². The standard InChI is InChI=1S/C25H26FN3O4/c1-16-12-22(31-2)20(14-27-16)17-8-10-29(11-9-17)25(30)21-13-23(32-3)24(15-28-21)33-19-6-4-18(26)5-7-19/h4-7,12-15,17H,8-11H2,1-3H3. The summed E-state index contributed by atoms with van der Waals surface area (Å²) in [5.41, 5.74) is 2.28. The number of benzene rings is 1. The minimum Gasteiger partial charge on any atom is -0.496 e. The molecule has 0 N–H and O–H groups in total. The predicted octanol–water partition coefficient (Wildman–Crippen LogP) is 4.75. The summed E-state index contributed by atoms with van der Waals surface area (Å²) in [5.74, 6) is 1.78. The van der Waals surface area contributed by atoms with E-state index >= 15 is 0 Å². The van der Waals surface area contributed by atoms with Gasteiger partial charge in [0.15, 0.2) is 11.5 Å². The minimum absolute atomic E-state index is 0.158. The van der Waals surface area contributed by atoms with Crippen LogP contribution >= 0.6 is 0 Å². The lowest BCUT2D eigenvalue weighted by Crippen LogP contribution is -2.38. The summed E-state index contributed by atoms with van der Waals surface area (Å²) >= 11 is 0. The Bertz CT molecular complexity index is 1130. The highest BCUT2D eigenvalue weighted by molar-refractivity contribution is 5.93. The van der Waals surface area contributed by atoms with Gasteiger partial charge in [0.2, 0.25) is 0 Å². The van der Waals surface area contributed by atoms with Gasteiger partial charge < -0.3 is 19.1 Å². The second-order valence-corrected chi connectivity index (χ2v) is 7.91. The first kappa shape index (κ1) is 22.5. The van der Waals surface area contributed by atoms with Gasteiger partial charge in [0.05, 0.1) is 20.4 Å². The van der Waals surface area contributed by atoms with Gasteiger partial charge >= 0.3 is 0 Å². The van der Waals surface area contributed by atoms with Gasteiger partial charge in [-0.05, 0) is 49.9 Å². The number of ether oxygens (including phenoxy) is 3. The third kappa shape index (κ3) is 5.05. The monoisotopic (exact) mass is 451 g/mol. The molecule has 0 radical (unpaired) electrons. The number of hydrogen-bond donors (Lipinski definition) is 0. The highest BCUT2D eigenvalue weighted by atomic mass is 19.1. The van der Waals surface area contributed by atoms with E-state index < -0.39 is 0 Å². The van der Waals surface area contributed by atoms with E-state index in [0.717, 1.165) is 29.8 Å². The largest absolute Gasteiger partial charge is 0.496 e. The number of methoxy groups -OCH3 is 2. The van der Waals surface area contributed by atoms with Crippen molar-refractivity contribution in [3.05, 3.63) is 71.6 Å². The fraction of sp³-hybridized carbons (Fsp3) is 0.320. The summed E-state index contributed by atoms with van der Waals surface area (Å²) in [4.78, 5) is 23.6. The number of hydrogen-bond acceptors (Lipinski definition) is 6. The number of nitrogens with zero attached hydrogens (tertiary/aromatic N) is 3. The van der Waals surface area contributed by atoms with Gasteiger partial charge in [0, 0.05) is 42.7 Å². The summed E-state index contributed by atoms with van der Waals surface area (Å²) in [6.07, 6.45) is 4.96. The Morgan fingerprint density at radius 1 is 0.970 bits per heavy atom. The molecule has 0 saturated carbocycles. The Morgan fingerprint density at radius 2 is 1.67 bits per heavy atom. The van der Waals surface area contributed by atoms with Crippen molar-refractivity contribution < 1.29 is 23.4 Å². The van der Waals surface area contributed by atoms with Crippen LogP contribution in [-0.4, -0.2) is 48.1 Å². The number of carbonyl (C=O) groups excluding carboxylic acids is 1. The molecule has 1 amide bonds. The van der Waals surface area contributed by atoms with Crippen LogP contribution in [0, 0.1) is 12.7 Å². The lowest BCUT2D eigenvalue weighted by atomic mass is 9.89. The Hall–Kier alpha value is -3.68. The molecule has 4 rings (SSSR count). The summed E-state index contributed by atoms with van der Waals surface area (Å²) < 4.78 is 29.8. The summed E-state index contributed by atoms with van der Waals surface area (Å²) in [7, 11) is 3.16. The van der Waals surface area contributed by atoms with Crippen molar-refractivity contribution >= 4 is 5.91 Å². The molecule has 2 aromatic heterocycles. The molecular weight excluding hydrogens is 425 g/mol. The molecule has 0 aliphatic carbocycles. The van der Waals surface area contributed by atoms with Crippen LogP contribution in [0.3, 0.4) is 0 Å². The van der Waals surface area contributed by atoms with Crippen molar-refractivity contribution in [1.29, 1.82) is 0 Å². The third-order valence-corrected chi connectivity index (χ3v) is 5.79. The number of aromatic nitrogens is 2. The van der Waals surface area contributed by atoms with Gasteiger partial charge in [0.25, 0.3) is 5.91 Å². The molecule has 0 spiro atoms. The van der Waals surface area contributed by atoms with E-state index in [4.69, 9.17) is 14.2 Å². The number of pyridine rings is 2. The third-order valence-electron chi connectivity index (χ3n) is 5.79. The molecule has 1 aromatic carbocycles. The van der Waals surface area contributed by atoms with Crippen molar-refractivity contribution in [2.24, 2.45) is 0 Å². The fourth-order valence-corrected chi connectivity index (χ4v) is 3.99. The van der Waals surface area contributed by atoms with E-state index in [1.807, 2.05) is 19.2 Å². The maximum absolute atomic E-state index is 13.1. The maximum atomic E-state index is 13.1. The molecule has 3 aromatic rings. The molecule has 3 heterocycles. The van der Waals surface area contributed by atoms with Gasteiger partial charge in [-0.3, -0.25) is 9.78 Å². The van der Waals surface area contributed by atoms with Crippen molar-refractivity contribution in [3.63, 3.8) is 0 Å². The van der Waals surface area contributed by atoms with Gasteiger partial charge in [-0.2, -0.15) is 0 Å². The molecule has 0 bridgehead atoms. The van der Waals surface area contributed by atoms with Crippen LogP contribution in [0.1, 0.15) is 40.5 Å². The smallest absolute Gasteiger partial charge is 0.272 e. The van der Waals surface area contributed by atoms with E-state index in [-0.39, 0.29) is 23.3 Å². The molecule has 7 nitrogen and oxygen atoms in total. The topological polar surface area (TPSA) is 73.8 Å². The molecule has 1 fully saturated rings. The van der Waals surface area contributed by atoms with Crippen LogP contribution in [-0.2, 0) is 0 Å². The number of aryl methyl sites for hydroxylation is 1. The number of likely N-dealkylation sites (tertiary alicyclic amines) is 1. The molecule has 1 saturated heterocycles. The van der Waals surface area contributed by atoms with E-state index in [2.05, 4.69) is 9.97 Å². The van der Waals surface area contributed by atoms with Crippen LogP contribution in [0.5, 0.6) is 23.0 Å². The number of halogens is 1. The highest BCUT2D eigenvalue weighted by Gasteiger charge is 2.27. The zero-order chi connectivity index (χ0) is 23.4. The summed E-state index contributed by atoms with van der Waals surface area (Å²) in [6.45, 7) is 3.15. The van der Waals surface area contributed by atoms with E-state index in [9.17, 15) is 9.18 Å². The van der Waals surface area contributed by atoms with Gasteiger partial charge in [-0.25, -0.2) is 9.37 Å². The average Bonchev–Trinajstić information content (AvgIpc) is 2.85. The zero-order valence-electron chi connectivity index (χ0n) is 18.9. The number of piperidine rings is 1. The predicted molar refractivity (Wildman–Crippen MR) is 121 cm³/mol. The quantitative estimate of drug-likeness (QED) is 0.538. The Balaban J connectivity index is 1.44. The summed E-state index contributed by atoms with van der Waals surface area (Å²) in [6, 6.07) is 9.14. The SMILES string of the molecule is COc1cc(C(=O)N2CCC(c3cnc(C)cc3OC)CC2)ncc1Oc1ccc(F)cc1. The second-order valence-electron chi connectivity index (χ2n) is 7.91. The van der Waals surface area contributed by atoms with E-state index in [1.165, 1.54) is 37.6 Å². The van der Waals surface area contributed by atoms with Crippen LogP contribution in [0.25, 0.3) is 0 Å². The lowest BCUT2D eigenvalue weighted by molar-refractivity contribution is 0.0706. The van der Waals surface area contributed by atoms with Crippen LogP contribution in [0.2, 0.25) is 0 Å². The zero-order valence-corrected chi connectivity index (χ0v) is 18.9.